The summed E-state index contributed by atoms with van der Waals surface area (Å²) < 4.78 is 6.16. The van der Waals surface area contributed by atoms with Gasteiger partial charge in [0.05, 0.1) is 0 Å². The minimum absolute atomic E-state index is 0.249. The molecule has 2 nitrogen and oxygen atoms in total. The molecule has 4 rings (SSSR count). The van der Waals surface area contributed by atoms with Crippen molar-refractivity contribution in [3.8, 4) is 5.75 Å². The van der Waals surface area contributed by atoms with Crippen LogP contribution in [-0.2, 0) is 11.8 Å². The standard InChI is InChI=1S/C19H21NO/c1-14-5-4-7-16(9-14)19(12-20-13-19)11-17-10-15-6-2-3-8-18(15)21-17/h2-9,17,20H,10-13H2,1H3. The number of rotatable bonds is 3. The molecule has 1 atom stereocenters. The molecule has 0 spiro atoms. The molecule has 0 bridgehead atoms. The van der Waals surface area contributed by atoms with E-state index < -0.39 is 0 Å². The van der Waals surface area contributed by atoms with Crippen LogP contribution in [0.15, 0.2) is 48.5 Å². The summed E-state index contributed by atoms with van der Waals surface area (Å²) in [5.41, 5.74) is 4.41. The Labute approximate surface area is 126 Å². The van der Waals surface area contributed by atoms with Crippen molar-refractivity contribution in [1.29, 1.82) is 0 Å². The number of nitrogens with one attached hydrogen (secondary N) is 1. The van der Waals surface area contributed by atoms with Crippen LogP contribution in [0.3, 0.4) is 0 Å². The van der Waals surface area contributed by atoms with Crippen molar-refractivity contribution in [2.45, 2.75) is 31.3 Å². The molecule has 2 aliphatic rings. The van der Waals surface area contributed by atoms with E-state index in [4.69, 9.17) is 4.74 Å². The Morgan fingerprint density at radius 1 is 1.14 bits per heavy atom. The third-order valence-corrected chi connectivity index (χ3v) is 4.89. The number of aryl methyl sites for hydroxylation is 1. The average molecular weight is 279 g/mol. The van der Waals surface area contributed by atoms with Gasteiger partial charge < -0.3 is 10.1 Å². The van der Waals surface area contributed by atoms with Crippen molar-refractivity contribution in [2.75, 3.05) is 13.1 Å². The van der Waals surface area contributed by atoms with E-state index in [-0.39, 0.29) is 5.41 Å². The molecule has 0 amide bonds. The highest BCUT2D eigenvalue weighted by Gasteiger charge is 2.42. The normalized spacial score (nSPS) is 22.2. The first-order valence-corrected chi connectivity index (χ1v) is 7.78. The fourth-order valence-corrected chi connectivity index (χ4v) is 3.67. The molecule has 1 N–H and O–H groups in total. The van der Waals surface area contributed by atoms with E-state index in [2.05, 4.69) is 60.8 Å². The summed E-state index contributed by atoms with van der Waals surface area (Å²) in [6, 6.07) is 17.4. The molecular weight excluding hydrogens is 258 g/mol. The van der Waals surface area contributed by atoms with Crippen molar-refractivity contribution in [1.82, 2.24) is 5.32 Å². The summed E-state index contributed by atoms with van der Waals surface area (Å²) in [7, 11) is 0. The predicted octanol–water partition coefficient (Wildman–Crippen LogP) is 3.23. The molecule has 0 aromatic heterocycles. The van der Waals surface area contributed by atoms with Gasteiger partial charge in [-0.1, -0.05) is 48.0 Å². The lowest BCUT2D eigenvalue weighted by molar-refractivity contribution is 0.143. The molecule has 1 fully saturated rings. The van der Waals surface area contributed by atoms with Crippen molar-refractivity contribution >= 4 is 0 Å². The maximum Gasteiger partial charge on any atom is 0.123 e. The van der Waals surface area contributed by atoms with Crippen LogP contribution in [0.2, 0.25) is 0 Å². The Bertz CT molecular complexity index is 635. The van der Waals surface area contributed by atoms with Crippen LogP contribution < -0.4 is 10.1 Å². The van der Waals surface area contributed by atoms with Crippen molar-refractivity contribution in [3.63, 3.8) is 0 Å². The van der Waals surface area contributed by atoms with E-state index in [1.165, 1.54) is 16.7 Å². The predicted molar refractivity (Wildman–Crippen MR) is 84.9 cm³/mol. The smallest absolute Gasteiger partial charge is 0.123 e. The second kappa shape index (κ2) is 4.88. The molecule has 21 heavy (non-hydrogen) atoms. The molecule has 0 aliphatic carbocycles. The van der Waals surface area contributed by atoms with E-state index >= 15 is 0 Å². The zero-order valence-electron chi connectivity index (χ0n) is 12.4. The van der Waals surface area contributed by atoms with Gasteiger partial charge in [0.15, 0.2) is 0 Å². The Hall–Kier alpha value is -1.80. The lowest BCUT2D eigenvalue weighted by atomic mass is 9.70. The van der Waals surface area contributed by atoms with Gasteiger partial charge in [0.2, 0.25) is 0 Å². The summed E-state index contributed by atoms with van der Waals surface area (Å²) in [5, 5.41) is 3.46. The quantitative estimate of drug-likeness (QED) is 0.931. The van der Waals surface area contributed by atoms with Gasteiger partial charge in [-0.3, -0.25) is 0 Å². The van der Waals surface area contributed by atoms with Gasteiger partial charge in [0.25, 0.3) is 0 Å². The zero-order chi connectivity index (χ0) is 14.3. The van der Waals surface area contributed by atoms with Crippen LogP contribution in [0.1, 0.15) is 23.1 Å². The molecule has 2 heterocycles. The highest BCUT2D eigenvalue weighted by Crippen LogP contribution is 2.38. The molecule has 2 aromatic rings. The number of para-hydroxylation sites is 1. The number of hydrogen-bond donors (Lipinski definition) is 1. The summed E-state index contributed by atoms with van der Waals surface area (Å²) >= 11 is 0. The molecule has 2 aromatic carbocycles. The van der Waals surface area contributed by atoms with E-state index in [0.29, 0.717) is 6.10 Å². The number of benzene rings is 2. The summed E-state index contributed by atoms with van der Waals surface area (Å²) in [6.07, 6.45) is 2.45. The SMILES string of the molecule is Cc1cccc(C2(CC3Cc4ccccc4O3)CNC2)c1. The summed E-state index contributed by atoms with van der Waals surface area (Å²) in [6.45, 7) is 4.30. The van der Waals surface area contributed by atoms with E-state index in [0.717, 1.165) is 31.7 Å². The molecular formula is C19H21NO. The first-order chi connectivity index (χ1) is 10.3. The third-order valence-electron chi connectivity index (χ3n) is 4.89. The Balaban J connectivity index is 1.56. The maximum absolute atomic E-state index is 6.16. The van der Waals surface area contributed by atoms with Gasteiger partial charge in [-0.2, -0.15) is 0 Å². The van der Waals surface area contributed by atoms with Gasteiger partial charge in [-0.25, -0.2) is 0 Å². The van der Waals surface area contributed by atoms with Crippen LogP contribution in [0.25, 0.3) is 0 Å². The summed E-state index contributed by atoms with van der Waals surface area (Å²) in [4.78, 5) is 0. The second-order valence-corrected chi connectivity index (χ2v) is 6.51. The van der Waals surface area contributed by atoms with Crippen LogP contribution >= 0.6 is 0 Å². The number of fused-ring (bicyclic) bond motifs is 1. The molecule has 0 saturated carbocycles. The highest BCUT2D eigenvalue weighted by atomic mass is 16.5. The Morgan fingerprint density at radius 3 is 2.71 bits per heavy atom. The molecule has 108 valence electrons. The average Bonchev–Trinajstić information content (AvgIpc) is 2.85. The van der Waals surface area contributed by atoms with E-state index in [1.807, 2.05) is 0 Å². The van der Waals surface area contributed by atoms with Gasteiger partial charge in [0, 0.05) is 24.9 Å². The first kappa shape index (κ1) is 12.9. The van der Waals surface area contributed by atoms with E-state index in [1.54, 1.807) is 0 Å². The van der Waals surface area contributed by atoms with E-state index in [9.17, 15) is 0 Å². The molecule has 1 unspecified atom stereocenters. The zero-order valence-corrected chi connectivity index (χ0v) is 12.4. The molecule has 1 saturated heterocycles. The fraction of sp³-hybridized carbons (Fsp3) is 0.368. The van der Waals surface area contributed by atoms with Crippen molar-refractivity contribution < 1.29 is 4.74 Å². The minimum Gasteiger partial charge on any atom is -0.490 e. The lowest BCUT2D eigenvalue weighted by Gasteiger charge is -2.44. The topological polar surface area (TPSA) is 21.3 Å². The van der Waals surface area contributed by atoms with Gasteiger partial charge >= 0.3 is 0 Å². The fourth-order valence-electron chi connectivity index (χ4n) is 3.67. The minimum atomic E-state index is 0.249. The second-order valence-electron chi connectivity index (χ2n) is 6.51. The highest BCUT2D eigenvalue weighted by molar-refractivity contribution is 5.39. The largest absolute Gasteiger partial charge is 0.490 e. The molecule has 2 heteroatoms. The van der Waals surface area contributed by atoms with Crippen molar-refractivity contribution in [3.05, 3.63) is 65.2 Å². The van der Waals surface area contributed by atoms with Gasteiger partial charge in [0.1, 0.15) is 11.9 Å². The first-order valence-electron chi connectivity index (χ1n) is 7.78. The third kappa shape index (κ3) is 2.24. The van der Waals surface area contributed by atoms with Crippen LogP contribution in [0.4, 0.5) is 0 Å². The Kier molecular flexibility index (Phi) is 3.00. The van der Waals surface area contributed by atoms with Gasteiger partial charge in [-0.15, -0.1) is 0 Å². The lowest BCUT2D eigenvalue weighted by Crippen LogP contribution is -2.58. The summed E-state index contributed by atoms with van der Waals surface area (Å²) in [5.74, 6) is 1.08. The van der Waals surface area contributed by atoms with Crippen LogP contribution in [0, 0.1) is 6.92 Å². The van der Waals surface area contributed by atoms with Crippen LogP contribution in [0.5, 0.6) is 5.75 Å². The number of hydrogen-bond acceptors (Lipinski definition) is 2. The molecule has 0 radical (unpaired) electrons. The van der Waals surface area contributed by atoms with Gasteiger partial charge in [-0.05, 0) is 30.5 Å². The monoisotopic (exact) mass is 279 g/mol. The Morgan fingerprint density at radius 2 is 2.00 bits per heavy atom. The molecule has 2 aliphatic heterocycles. The van der Waals surface area contributed by atoms with Crippen LogP contribution in [-0.4, -0.2) is 19.2 Å². The number of ether oxygens (including phenoxy) is 1. The maximum atomic E-state index is 6.16. The van der Waals surface area contributed by atoms with Crippen molar-refractivity contribution in [2.24, 2.45) is 0 Å².